The Bertz CT molecular complexity index is 480. The highest BCUT2D eigenvalue weighted by Crippen LogP contribution is 2.14. The number of nitrogens with one attached hydrogen (secondary N) is 1. The van der Waals surface area contributed by atoms with Gasteiger partial charge in [-0.15, -0.1) is 0 Å². The Kier molecular flexibility index (Phi) is 6.20. The van der Waals surface area contributed by atoms with Crippen molar-refractivity contribution in [2.75, 3.05) is 0 Å². The number of halogens is 2. The van der Waals surface area contributed by atoms with Crippen LogP contribution in [-0.2, 0) is 13.1 Å². The van der Waals surface area contributed by atoms with E-state index < -0.39 is 0 Å². The molecule has 0 saturated carbocycles. The zero-order chi connectivity index (χ0) is 12.1. The molecule has 0 radical (unpaired) electrons. The highest BCUT2D eigenvalue weighted by atomic mass is 35.5. The van der Waals surface area contributed by atoms with Gasteiger partial charge in [0.2, 0.25) is 0 Å². The standard InChI is InChI=1S/C15H16ClN.ClH/c1-12-6-8-13(9-7-12)10-17-11-14-4-2-3-5-15(14)16;/h2-9,17H,10-11H2,1H3;1H/p-1. The molecule has 0 amide bonds. The van der Waals surface area contributed by atoms with Crippen LogP contribution in [0.2, 0.25) is 5.02 Å². The van der Waals surface area contributed by atoms with Gasteiger partial charge in [-0.2, -0.15) is 0 Å². The molecule has 0 unspecified atom stereocenters. The zero-order valence-electron chi connectivity index (χ0n) is 10.3. The minimum atomic E-state index is 0. The fourth-order valence-corrected chi connectivity index (χ4v) is 1.89. The van der Waals surface area contributed by atoms with Crippen LogP contribution in [0.3, 0.4) is 0 Å². The van der Waals surface area contributed by atoms with Crippen LogP contribution in [0.1, 0.15) is 16.7 Å². The van der Waals surface area contributed by atoms with Crippen LogP contribution >= 0.6 is 11.6 Å². The van der Waals surface area contributed by atoms with Crippen molar-refractivity contribution in [3.8, 4) is 0 Å². The summed E-state index contributed by atoms with van der Waals surface area (Å²) in [4.78, 5) is 0. The Balaban J connectivity index is 0.00000162. The third-order valence-corrected chi connectivity index (χ3v) is 3.09. The highest BCUT2D eigenvalue weighted by Gasteiger charge is 1.98. The predicted molar refractivity (Wildman–Crippen MR) is 73.2 cm³/mol. The average molecular weight is 281 g/mol. The largest absolute Gasteiger partial charge is 1.00 e. The van der Waals surface area contributed by atoms with Gasteiger partial charge >= 0.3 is 0 Å². The van der Waals surface area contributed by atoms with E-state index in [1.165, 1.54) is 11.1 Å². The van der Waals surface area contributed by atoms with Gasteiger partial charge in [0.15, 0.2) is 0 Å². The molecular weight excluding hydrogens is 265 g/mol. The lowest BCUT2D eigenvalue weighted by Crippen LogP contribution is -3.00. The third-order valence-electron chi connectivity index (χ3n) is 2.72. The van der Waals surface area contributed by atoms with E-state index in [9.17, 15) is 0 Å². The first-order valence-electron chi connectivity index (χ1n) is 5.75. The molecule has 1 N–H and O–H groups in total. The van der Waals surface area contributed by atoms with Gasteiger partial charge < -0.3 is 17.7 Å². The first-order chi connectivity index (χ1) is 8.25. The summed E-state index contributed by atoms with van der Waals surface area (Å²) in [6.07, 6.45) is 0. The molecule has 0 saturated heterocycles. The smallest absolute Gasteiger partial charge is 0.0450 e. The van der Waals surface area contributed by atoms with Crippen molar-refractivity contribution in [3.63, 3.8) is 0 Å². The molecule has 0 fully saturated rings. The normalized spacial score (nSPS) is 9.89. The molecule has 3 heteroatoms. The van der Waals surface area contributed by atoms with Gasteiger partial charge in [0.05, 0.1) is 0 Å². The van der Waals surface area contributed by atoms with Crippen LogP contribution in [-0.4, -0.2) is 0 Å². The topological polar surface area (TPSA) is 12.0 Å². The molecule has 96 valence electrons. The molecule has 0 aromatic heterocycles. The van der Waals surface area contributed by atoms with E-state index in [1.807, 2.05) is 24.3 Å². The van der Waals surface area contributed by atoms with E-state index in [0.717, 1.165) is 23.7 Å². The minimum absolute atomic E-state index is 0. The summed E-state index contributed by atoms with van der Waals surface area (Å²) in [7, 11) is 0. The van der Waals surface area contributed by atoms with Crippen LogP contribution in [0.25, 0.3) is 0 Å². The summed E-state index contributed by atoms with van der Waals surface area (Å²) >= 11 is 6.09. The molecule has 0 aliphatic heterocycles. The molecule has 0 bridgehead atoms. The number of aryl methyl sites for hydroxylation is 1. The lowest BCUT2D eigenvalue weighted by Gasteiger charge is -2.07. The Morgan fingerprint density at radius 3 is 2.28 bits per heavy atom. The first kappa shape index (κ1) is 15.0. The van der Waals surface area contributed by atoms with E-state index in [-0.39, 0.29) is 12.4 Å². The molecule has 2 aromatic rings. The van der Waals surface area contributed by atoms with Crippen molar-refractivity contribution in [1.82, 2.24) is 5.32 Å². The molecule has 1 nitrogen and oxygen atoms in total. The van der Waals surface area contributed by atoms with Crippen molar-refractivity contribution < 1.29 is 12.4 Å². The lowest BCUT2D eigenvalue weighted by molar-refractivity contribution is -0.00000344. The summed E-state index contributed by atoms with van der Waals surface area (Å²) in [5.41, 5.74) is 3.73. The molecule has 18 heavy (non-hydrogen) atoms. The fraction of sp³-hybridized carbons (Fsp3) is 0.200. The lowest BCUT2D eigenvalue weighted by atomic mass is 10.1. The maximum atomic E-state index is 6.09. The van der Waals surface area contributed by atoms with Gasteiger partial charge in [-0.1, -0.05) is 59.6 Å². The van der Waals surface area contributed by atoms with Gasteiger partial charge in [0, 0.05) is 18.1 Å². The molecule has 0 aliphatic carbocycles. The Hall–Kier alpha value is -1.02. The second kappa shape index (κ2) is 7.42. The quantitative estimate of drug-likeness (QED) is 0.879. The van der Waals surface area contributed by atoms with E-state index >= 15 is 0 Å². The van der Waals surface area contributed by atoms with Crippen LogP contribution < -0.4 is 17.7 Å². The maximum Gasteiger partial charge on any atom is 0.0450 e. The monoisotopic (exact) mass is 280 g/mol. The van der Waals surface area contributed by atoms with Crippen LogP contribution in [0.15, 0.2) is 48.5 Å². The van der Waals surface area contributed by atoms with Crippen molar-refractivity contribution >= 4 is 11.6 Å². The molecular formula is C15H16Cl2N-. The van der Waals surface area contributed by atoms with Crippen LogP contribution in [0.5, 0.6) is 0 Å². The molecule has 0 spiro atoms. The number of hydrogen-bond acceptors (Lipinski definition) is 1. The van der Waals surface area contributed by atoms with E-state index in [4.69, 9.17) is 11.6 Å². The molecule has 2 rings (SSSR count). The van der Waals surface area contributed by atoms with Crippen LogP contribution in [0, 0.1) is 6.92 Å². The molecule has 0 aliphatic rings. The van der Waals surface area contributed by atoms with E-state index in [2.05, 4.69) is 36.5 Å². The summed E-state index contributed by atoms with van der Waals surface area (Å²) < 4.78 is 0. The summed E-state index contributed by atoms with van der Waals surface area (Å²) in [6, 6.07) is 16.5. The number of hydrogen-bond donors (Lipinski definition) is 1. The number of benzene rings is 2. The van der Waals surface area contributed by atoms with Gasteiger partial charge in [-0.3, -0.25) is 0 Å². The molecule has 0 atom stereocenters. The van der Waals surface area contributed by atoms with Crippen molar-refractivity contribution in [2.24, 2.45) is 0 Å². The summed E-state index contributed by atoms with van der Waals surface area (Å²) in [5, 5.41) is 4.22. The van der Waals surface area contributed by atoms with Crippen molar-refractivity contribution in [3.05, 3.63) is 70.2 Å². The van der Waals surface area contributed by atoms with E-state index in [0.29, 0.717) is 0 Å². The highest BCUT2D eigenvalue weighted by molar-refractivity contribution is 6.31. The Morgan fingerprint density at radius 1 is 0.944 bits per heavy atom. The minimum Gasteiger partial charge on any atom is -1.00 e. The van der Waals surface area contributed by atoms with Crippen LogP contribution in [0.4, 0.5) is 0 Å². The van der Waals surface area contributed by atoms with Gasteiger partial charge in [-0.05, 0) is 24.1 Å². The third kappa shape index (κ3) is 4.34. The predicted octanol–water partition coefficient (Wildman–Crippen LogP) is 0.942. The summed E-state index contributed by atoms with van der Waals surface area (Å²) in [5.74, 6) is 0. The first-order valence-corrected chi connectivity index (χ1v) is 6.13. The van der Waals surface area contributed by atoms with Gasteiger partial charge in [0.25, 0.3) is 0 Å². The zero-order valence-corrected chi connectivity index (χ0v) is 11.8. The SMILES string of the molecule is Cc1ccc(CNCc2ccccc2Cl)cc1.[Cl-]. The molecule has 2 aromatic carbocycles. The Labute approximate surface area is 120 Å². The van der Waals surface area contributed by atoms with Gasteiger partial charge in [0.1, 0.15) is 0 Å². The second-order valence-corrected chi connectivity index (χ2v) is 4.59. The maximum absolute atomic E-state index is 6.09. The van der Waals surface area contributed by atoms with E-state index in [1.54, 1.807) is 0 Å². The fourth-order valence-electron chi connectivity index (χ4n) is 1.69. The Morgan fingerprint density at radius 2 is 1.61 bits per heavy atom. The second-order valence-electron chi connectivity index (χ2n) is 4.18. The molecule has 0 heterocycles. The van der Waals surface area contributed by atoms with Crippen molar-refractivity contribution in [2.45, 2.75) is 20.0 Å². The van der Waals surface area contributed by atoms with Gasteiger partial charge in [-0.25, -0.2) is 0 Å². The van der Waals surface area contributed by atoms with Crippen molar-refractivity contribution in [1.29, 1.82) is 0 Å². The summed E-state index contributed by atoms with van der Waals surface area (Å²) in [6.45, 7) is 3.76. The number of rotatable bonds is 4. The average Bonchev–Trinajstić information content (AvgIpc) is 2.34.